The Bertz CT molecular complexity index is 886. The van der Waals surface area contributed by atoms with Crippen LogP contribution in [0, 0.1) is 0 Å². The van der Waals surface area contributed by atoms with E-state index in [4.69, 9.17) is 28.1 Å². The van der Waals surface area contributed by atoms with Crippen LogP contribution in [0.3, 0.4) is 0 Å². The molecular weight excluding hydrogens is 414 g/mol. The van der Waals surface area contributed by atoms with Gasteiger partial charge in [-0.1, -0.05) is 24.9 Å². The van der Waals surface area contributed by atoms with E-state index < -0.39 is 5.66 Å². The number of aliphatic imine (C=N–C) groups is 2. The molecule has 4 N–H and O–H groups in total. The van der Waals surface area contributed by atoms with Gasteiger partial charge >= 0.3 is 0 Å². The molecule has 31 heavy (non-hydrogen) atoms. The van der Waals surface area contributed by atoms with Crippen molar-refractivity contribution in [1.82, 2.24) is 4.90 Å². The van der Waals surface area contributed by atoms with Gasteiger partial charge in [-0.25, -0.2) is 4.99 Å². The number of hydrogen-bond donors (Lipinski definition) is 2. The summed E-state index contributed by atoms with van der Waals surface area (Å²) in [7, 11) is 0. The van der Waals surface area contributed by atoms with Crippen molar-refractivity contribution in [3.05, 3.63) is 23.2 Å². The lowest BCUT2D eigenvalue weighted by molar-refractivity contribution is -0.131. The molecule has 1 aromatic rings. The van der Waals surface area contributed by atoms with Gasteiger partial charge in [0, 0.05) is 38.3 Å². The number of guanidine groups is 2. The second kappa shape index (κ2) is 8.94. The standard InChI is InChI=1S/C22H32ClN7O/c1-2-6-19(31)29-13-11-28(12-14-29)18-8-7-16(15-17(18)23)30-21(25)26-20(24)27-22(30)9-4-3-5-10-22/h7-8,15H,2-6,9-14H2,1H3,(H4,24,25,26,27). The highest BCUT2D eigenvalue weighted by Crippen LogP contribution is 2.41. The number of carbonyl (C=O) groups excluding carboxylic acids is 1. The maximum absolute atomic E-state index is 12.2. The van der Waals surface area contributed by atoms with Crippen molar-refractivity contribution in [2.75, 3.05) is 36.0 Å². The lowest BCUT2D eigenvalue weighted by Crippen LogP contribution is -2.58. The van der Waals surface area contributed by atoms with Crippen molar-refractivity contribution < 1.29 is 4.79 Å². The van der Waals surface area contributed by atoms with E-state index in [1.54, 1.807) is 0 Å². The highest BCUT2D eigenvalue weighted by Gasteiger charge is 2.42. The molecule has 2 fully saturated rings. The van der Waals surface area contributed by atoms with Crippen molar-refractivity contribution in [3.8, 4) is 0 Å². The zero-order chi connectivity index (χ0) is 22.0. The number of benzene rings is 1. The fourth-order valence-corrected chi connectivity index (χ4v) is 5.25. The fourth-order valence-electron chi connectivity index (χ4n) is 4.95. The van der Waals surface area contributed by atoms with E-state index in [-0.39, 0.29) is 11.9 Å². The number of piperazine rings is 1. The number of nitrogens with two attached hydrogens (primary N) is 2. The minimum Gasteiger partial charge on any atom is -0.369 e. The Morgan fingerprint density at radius 2 is 1.84 bits per heavy atom. The number of anilines is 2. The Kier molecular flexibility index (Phi) is 6.27. The summed E-state index contributed by atoms with van der Waals surface area (Å²) in [5.74, 6) is 0.844. The van der Waals surface area contributed by atoms with Gasteiger partial charge in [0.1, 0.15) is 5.66 Å². The first kappa shape index (κ1) is 21.7. The zero-order valence-corrected chi connectivity index (χ0v) is 18.9. The van der Waals surface area contributed by atoms with Gasteiger partial charge < -0.3 is 21.3 Å². The normalized spacial score (nSPS) is 21.2. The Hall–Kier alpha value is -2.48. The Morgan fingerprint density at radius 3 is 2.48 bits per heavy atom. The summed E-state index contributed by atoms with van der Waals surface area (Å²) in [6.45, 7) is 5.02. The maximum atomic E-state index is 12.2. The average Bonchev–Trinajstić information content (AvgIpc) is 2.74. The molecule has 1 saturated carbocycles. The largest absolute Gasteiger partial charge is 0.369 e. The third kappa shape index (κ3) is 4.31. The van der Waals surface area contributed by atoms with Crippen molar-refractivity contribution in [2.45, 2.75) is 57.5 Å². The molecule has 1 aliphatic carbocycles. The van der Waals surface area contributed by atoms with Crippen molar-refractivity contribution >= 4 is 40.8 Å². The van der Waals surface area contributed by atoms with Crippen LogP contribution in [-0.2, 0) is 4.79 Å². The smallest absolute Gasteiger partial charge is 0.222 e. The third-order valence-corrected chi connectivity index (χ3v) is 6.78. The van der Waals surface area contributed by atoms with E-state index >= 15 is 0 Å². The first-order valence-electron chi connectivity index (χ1n) is 11.3. The van der Waals surface area contributed by atoms with Gasteiger partial charge in [-0.15, -0.1) is 0 Å². The first-order chi connectivity index (χ1) is 14.9. The third-order valence-electron chi connectivity index (χ3n) is 6.48. The number of amides is 1. The number of halogens is 1. The zero-order valence-electron chi connectivity index (χ0n) is 18.2. The van der Waals surface area contributed by atoms with Crippen LogP contribution < -0.4 is 21.3 Å². The van der Waals surface area contributed by atoms with Gasteiger partial charge in [-0.3, -0.25) is 9.69 Å². The molecule has 168 valence electrons. The van der Waals surface area contributed by atoms with Crippen LogP contribution in [0.4, 0.5) is 11.4 Å². The van der Waals surface area contributed by atoms with Crippen LogP contribution in [0.25, 0.3) is 0 Å². The average molecular weight is 446 g/mol. The van der Waals surface area contributed by atoms with Crippen molar-refractivity contribution in [3.63, 3.8) is 0 Å². The van der Waals surface area contributed by atoms with Gasteiger partial charge in [-0.05, 0) is 50.3 Å². The van der Waals surface area contributed by atoms with E-state index in [1.807, 2.05) is 34.9 Å². The van der Waals surface area contributed by atoms with E-state index in [0.29, 0.717) is 17.4 Å². The van der Waals surface area contributed by atoms with E-state index in [2.05, 4.69) is 9.89 Å². The second-order valence-electron chi connectivity index (χ2n) is 8.57. The second-order valence-corrected chi connectivity index (χ2v) is 8.98. The fraction of sp³-hybridized carbons (Fsp3) is 0.591. The summed E-state index contributed by atoms with van der Waals surface area (Å²) in [5, 5.41) is 0.659. The van der Waals surface area contributed by atoms with Gasteiger partial charge in [0.15, 0.2) is 0 Å². The SMILES string of the molecule is CCCC(=O)N1CCN(c2ccc(N3C(N)=NC(N)=NC34CCCCC4)cc2Cl)CC1. The molecule has 1 aromatic carbocycles. The number of hydrogen-bond acceptors (Lipinski definition) is 7. The van der Waals surface area contributed by atoms with Crippen molar-refractivity contribution in [1.29, 1.82) is 0 Å². The molecule has 2 heterocycles. The van der Waals surface area contributed by atoms with Gasteiger partial charge in [0.2, 0.25) is 17.8 Å². The quantitative estimate of drug-likeness (QED) is 0.741. The van der Waals surface area contributed by atoms with Gasteiger partial charge in [-0.2, -0.15) is 4.99 Å². The number of carbonyl (C=O) groups is 1. The summed E-state index contributed by atoms with van der Waals surface area (Å²) < 4.78 is 0. The lowest BCUT2D eigenvalue weighted by atomic mass is 9.87. The van der Waals surface area contributed by atoms with Crippen LogP contribution in [0.2, 0.25) is 5.02 Å². The Labute approximate surface area is 188 Å². The molecule has 1 spiro atoms. The lowest BCUT2D eigenvalue weighted by Gasteiger charge is -2.45. The van der Waals surface area contributed by atoms with Crippen molar-refractivity contribution in [2.24, 2.45) is 21.5 Å². The van der Waals surface area contributed by atoms with Gasteiger partial charge in [0.05, 0.1) is 10.7 Å². The molecular formula is C22H32ClN7O. The number of rotatable bonds is 4. The summed E-state index contributed by atoms with van der Waals surface area (Å²) in [5.41, 5.74) is 13.7. The Morgan fingerprint density at radius 1 is 1.13 bits per heavy atom. The van der Waals surface area contributed by atoms with Crippen LogP contribution >= 0.6 is 11.6 Å². The highest BCUT2D eigenvalue weighted by molar-refractivity contribution is 6.33. The molecule has 0 radical (unpaired) electrons. The summed E-state index contributed by atoms with van der Waals surface area (Å²) in [6.07, 6.45) is 6.61. The van der Waals surface area contributed by atoms with E-state index in [9.17, 15) is 4.79 Å². The number of nitrogens with zero attached hydrogens (tertiary/aromatic N) is 5. The molecule has 3 aliphatic rings. The predicted molar refractivity (Wildman–Crippen MR) is 127 cm³/mol. The summed E-state index contributed by atoms with van der Waals surface area (Å²) in [6, 6.07) is 6.01. The molecule has 0 unspecified atom stereocenters. The topological polar surface area (TPSA) is 104 Å². The first-order valence-corrected chi connectivity index (χ1v) is 11.6. The monoisotopic (exact) mass is 445 g/mol. The molecule has 8 nitrogen and oxygen atoms in total. The molecule has 1 amide bonds. The minimum absolute atomic E-state index is 0.237. The van der Waals surface area contributed by atoms with Crippen LogP contribution in [0.15, 0.2) is 28.2 Å². The molecule has 0 atom stereocenters. The Balaban J connectivity index is 1.54. The van der Waals surface area contributed by atoms with Gasteiger partial charge in [0.25, 0.3) is 0 Å². The predicted octanol–water partition coefficient (Wildman–Crippen LogP) is 2.90. The van der Waals surface area contributed by atoms with Crippen LogP contribution in [-0.4, -0.2) is 54.6 Å². The highest BCUT2D eigenvalue weighted by atomic mass is 35.5. The molecule has 9 heteroatoms. The summed E-state index contributed by atoms with van der Waals surface area (Å²) >= 11 is 6.74. The summed E-state index contributed by atoms with van der Waals surface area (Å²) in [4.78, 5) is 27.3. The minimum atomic E-state index is -0.482. The molecule has 1 saturated heterocycles. The van der Waals surface area contributed by atoms with E-state index in [1.165, 1.54) is 6.42 Å². The van der Waals surface area contributed by atoms with E-state index in [0.717, 1.165) is 69.7 Å². The van der Waals surface area contributed by atoms with Crippen LogP contribution in [0.5, 0.6) is 0 Å². The maximum Gasteiger partial charge on any atom is 0.222 e. The molecule has 0 aromatic heterocycles. The molecule has 2 aliphatic heterocycles. The van der Waals surface area contributed by atoms with Crippen LogP contribution in [0.1, 0.15) is 51.9 Å². The molecule has 4 rings (SSSR count). The molecule has 0 bridgehead atoms.